The number of carbonyl (C=O) groups excluding carboxylic acids is 2. The van der Waals surface area contributed by atoms with Crippen LogP contribution in [0.25, 0.3) is 11.1 Å². The molecule has 52 heavy (non-hydrogen) atoms. The van der Waals surface area contributed by atoms with E-state index in [0.717, 1.165) is 48.0 Å². The number of β-lactam (4-membered cyclic amide) rings is 1. The van der Waals surface area contributed by atoms with Crippen LogP contribution < -0.4 is 31.0 Å². The molecule has 0 saturated carbocycles. The summed E-state index contributed by atoms with van der Waals surface area (Å²) in [5.41, 5.74) is 11.5. The molecular formula is C31H40N9O10S2+. The second kappa shape index (κ2) is 15.8. The van der Waals surface area contributed by atoms with Gasteiger partial charge in [-0.2, -0.15) is 13.5 Å². The predicted octanol–water partition coefficient (Wildman–Crippen LogP) is -0.220. The van der Waals surface area contributed by atoms with E-state index in [4.69, 9.17) is 30.6 Å². The number of hydroxylamine groups is 2. The van der Waals surface area contributed by atoms with E-state index in [1.165, 1.54) is 19.2 Å². The summed E-state index contributed by atoms with van der Waals surface area (Å²) >= 11 is 0.986. The Hall–Kier alpha value is -4.80. The first-order valence-electron chi connectivity index (χ1n) is 16.0. The van der Waals surface area contributed by atoms with Crippen LogP contribution in [0.1, 0.15) is 26.0 Å². The van der Waals surface area contributed by atoms with E-state index in [0.29, 0.717) is 29.8 Å². The minimum atomic E-state index is -5.00. The molecule has 7 N–H and O–H groups in total. The van der Waals surface area contributed by atoms with Crippen molar-refractivity contribution < 1.29 is 50.9 Å². The number of aliphatic carboxylic acids is 1. The summed E-state index contributed by atoms with van der Waals surface area (Å²) in [6.07, 6.45) is 1.58. The van der Waals surface area contributed by atoms with Gasteiger partial charge in [0.2, 0.25) is 0 Å². The van der Waals surface area contributed by atoms with E-state index in [1.54, 1.807) is 30.5 Å². The molecule has 0 radical (unpaired) electrons. The van der Waals surface area contributed by atoms with Crippen LogP contribution in [0.15, 0.2) is 47.2 Å². The highest BCUT2D eigenvalue weighted by Crippen LogP contribution is 2.40. The lowest BCUT2D eigenvalue weighted by Gasteiger charge is -2.50. The topological polar surface area (TPSA) is 266 Å². The minimum absolute atomic E-state index is 0.0255. The van der Waals surface area contributed by atoms with Gasteiger partial charge in [-0.15, -0.1) is 15.6 Å². The lowest BCUT2D eigenvalue weighted by molar-refractivity contribution is -0.661. The average Bonchev–Trinajstić information content (AvgIpc) is 3.50. The lowest BCUT2D eigenvalue weighted by atomic mass is 9.74. The summed E-state index contributed by atoms with van der Waals surface area (Å²) in [6, 6.07) is 6.92. The van der Waals surface area contributed by atoms with Crippen molar-refractivity contribution in [1.29, 1.82) is 0 Å². The summed E-state index contributed by atoms with van der Waals surface area (Å²) < 4.78 is 43.3. The SMILES string of the molecule is C[n+]1cc(-c2ccc(OC[C@H](O/N=C(\C(=O)C[C@@H]3C(=O)N(OS(=O)(=O)O)C3(C)C)c3csc(N)n3)C(=O)O)cc2)cnc1N(CCN)CC1CNC1. The van der Waals surface area contributed by atoms with Crippen molar-refractivity contribution in [2.75, 3.05) is 50.0 Å². The number of rotatable bonds is 18. The van der Waals surface area contributed by atoms with Crippen LogP contribution in [0.3, 0.4) is 0 Å². The number of hydrogen-bond donors (Lipinski definition) is 5. The number of aromatic nitrogens is 3. The molecule has 19 nitrogen and oxygen atoms in total. The number of nitrogen functional groups attached to an aromatic ring is 1. The normalized spacial score (nSPS) is 17.9. The molecule has 0 aliphatic carbocycles. The first-order valence-corrected chi connectivity index (χ1v) is 18.3. The number of amides is 1. The van der Waals surface area contributed by atoms with Crippen LogP contribution in [0.4, 0.5) is 11.1 Å². The lowest BCUT2D eigenvalue weighted by Crippen LogP contribution is -2.68. The highest BCUT2D eigenvalue weighted by atomic mass is 32.3. The number of nitrogens with one attached hydrogen (secondary N) is 1. The monoisotopic (exact) mass is 762 g/mol. The Morgan fingerprint density at radius 2 is 1.96 bits per heavy atom. The second-order valence-corrected chi connectivity index (χ2v) is 14.7. The first kappa shape index (κ1) is 38.4. The van der Waals surface area contributed by atoms with Crippen LogP contribution in [-0.4, -0.2) is 107 Å². The molecule has 2 saturated heterocycles. The highest BCUT2D eigenvalue weighted by Gasteiger charge is 2.57. The molecule has 0 unspecified atom stereocenters. The number of carboxylic acids is 1. The maximum atomic E-state index is 13.4. The van der Waals surface area contributed by atoms with Crippen molar-refractivity contribution >= 4 is 56.2 Å². The maximum absolute atomic E-state index is 13.4. The molecule has 2 fully saturated rings. The number of benzene rings is 1. The molecule has 1 aromatic carbocycles. The van der Waals surface area contributed by atoms with E-state index in [-0.39, 0.29) is 10.8 Å². The summed E-state index contributed by atoms with van der Waals surface area (Å²) in [4.78, 5) is 54.3. The zero-order valence-corrected chi connectivity index (χ0v) is 30.2. The fraction of sp³-hybridized carbons (Fsp3) is 0.452. The van der Waals surface area contributed by atoms with Crippen LogP contribution in [0, 0.1) is 11.8 Å². The Labute approximate surface area is 303 Å². The van der Waals surface area contributed by atoms with Gasteiger partial charge in [0.25, 0.3) is 12.0 Å². The van der Waals surface area contributed by atoms with Crippen LogP contribution >= 0.6 is 11.3 Å². The predicted molar refractivity (Wildman–Crippen MR) is 186 cm³/mol. The summed E-state index contributed by atoms with van der Waals surface area (Å²) in [5.74, 6) is -2.48. The number of thiazole rings is 1. The van der Waals surface area contributed by atoms with E-state index < -0.39 is 64.4 Å². The van der Waals surface area contributed by atoms with Crippen molar-refractivity contribution in [3.63, 3.8) is 0 Å². The molecule has 280 valence electrons. The first-order chi connectivity index (χ1) is 24.6. The molecule has 2 atom stereocenters. The van der Waals surface area contributed by atoms with Gasteiger partial charge in [-0.1, -0.05) is 22.3 Å². The Kier molecular flexibility index (Phi) is 11.7. The number of carboxylic acid groups (broad SMARTS) is 1. The largest absolute Gasteiger partial charge is 0.489 e. The van der Waals surface area contributed by atoms with E-state index in [1.807, 2.05) is 17.8 Å². The van der Waals surface area contributed by atoms with Crippen molar-refractivity contribution in [2.24, 2.45) is 29.8 Å². The van der Waals surface area contributed by atoms with Crippen molar-refractivity contribution in [2.45, 2.75) is 31.9 Å². The van der Waals surface area contributed by atoms with Crippen molar-refractivity contribution in [3.8, 4) is 16.9 Å². The number of ether oxygens (including phenoxy) is 1. The number of aryl methyl sites for hydroxylation is 1. The smallest absolute Gasteiger partial charge is 0.418 e. The third-order valence-corrected chi connectivity index (χ3v) is 9.60. The molecule has 0 bridgehead atoms. The second-order valence-electron chi connectivity index (χ2n) is 12.8. The Bertz CT molecular complexity index is 1930. The molecule has 1 amide bonds. The van der Waals surface area contributed by atoms with Gasteiger partial charge in [0.1, 0.15) is 24.2 Å². The Morgan fingerprint density at radius 3 is 2.50 bits per heavy atom. The van der Waals surface area contributed by atoms with Gasteiger partial charge in [-0.3, -0.25) is 19.0 Å². The van der Waals surface area contributed by atoms with Gasteiger partial charge >= 0.3 is 22.3 Å². The Balaban J connectivity index is 1.24. The molecule has 2 aliphatic heterocycles. The molecule has 5 rings (SSSR count). The third kappa shape index (κ3) is 8.97. The molecule has 2 aromatic heterocycles. The highest BCUT2D eigenvalue weighted by molar-refractivity contribution is 7.80. The average molecular weight is 763 g/mol. The maximum Gasteiger partial charge on any atom is 0.418 e. The number of anilines is 2. The summed E-state index contributed by atoms with van der Waals surface area (Å²) in [7, 11) is -3.07. The summed E-state index contributed by atoms with van der Waals surface area (Å²) in [5, 5.41) is 18.8. The number of carbonyl (C=O) groups is 3. The van der Waals surface area contributed by atoms with Gasteiger partial charge in [0.15, 0.2) is 16.6 Å². The molecular weight excluding hydrogens is 723 g/mol. The molecule has 21 heteroatoms. The van der Waals surface area contributed by atoms with E-state index >= 15 is 0 Å². The number of hydrogen-bond acceptors (Lipinski definition) is 16. The zero-order chi connectivity index (χ0) is 37.8. The van der Waals surface area contributed by atoms with Crippen molar-refractivity contribution in [1.82, 2.24) is 20.3 Å². The van der Waals surface area contributed by atoms with Crippen LogP contribution in [-0.2, 0) is 41.0 Å². The van der Waals surface area contributed by atoms with Crippen LogP contribution in [0.5, 0.6) is 5.75 Å². The quantitative estimate of drug-likeness (QED) is 0.0369. The van der Waals surface area contributed by atoms with Gasteiger partial charge in [0, 0.05) is 42.9 Å². The number of oxime groups is 1. The Morgan fingerprint density at radius 1 is 1.25 bits per heavy atom. The molecule has 0 spiro atoms. The molecule has 4 heterocycles. The van der Waals surface area contributed by atoms with Gasteiger partial charge < -0.3 is 31.5 Å². The van der Waals surface area contributed by atoms with Crippen LogP contribution in [0.2, 0.25) is 0 Å². The third-order valence-electron chi connectivity index (χ3n) is 8.59. The molecule has 2 aliphatic rings. The minimum Gasteiger partial charge on any atom is -0.489 e. The fourth-order valence-electron chi connectivity index (χ4n) is 5.65. The van der Waals surface area contributed by atoms with Gasteiger partial charge in [-0.05, 0) is 31.5 Å². The number of nitrogens with two attached hydrogens (primary N) is 2. The summed E-state index contributed by atoms with van der Waals surface area (Å²) in [6.45, 7) is 6.34. The fourth-order valence-corrected chi connectivity index (χ4v) is 6.66. The number of nitrogens with zero attached hydrogens (tertiary/aromatic N) is 6. The molecule has 3 aromatic rings. The standard InChI is InChI=1S/C31H39N9O10S2/c1-31(2)22(27(42)40(31)50-52(45,46)47)10-24(41)26(23-17-51-29(33)36-23)37-49-25(28(43)44)16-48-21-6-4-19(5-7-21)20-13-35-30(38(3)15-20)39(9-8-32)14-18-11-34-12-18/h4-7,13,15,17-18,22,25,34H,8-12,14,16,32H2,1-3H3,(H3-,33,36,43,44,45,46,47)/p+1/b37-26-/t22-,25+/m1/s1. The van der Waals surface area contributed by atoms with Gasteiger partial charge in [0.05, 0.1) is 37.8 Å². The number of ketones is 1. The van der Waals surface area contributed by atoms with E-state index in [9.17, 15) is 27.9 Å². The van der Waals surface area contributed by atoms with Gasteiger partial charge in [-0.25, -0.2) is 14.3 Å². The number of Topliss-reactive ketones (excluding diaryl/α,β-unsaturated/α-hetero) is 1. The van der Waals surface area contributed by atoms with Crippen molar-refractivity contribution in [3.05, 3.63) is 47.7 Å². The zero-order valence-electron chi connectivity index (χ0n) is 28.5. The van der Waals surface area contributed by atoms with E-state index in [2.05, 4.69) is 24.6 Å².